The van der Waals surface area contributed by atoms with E-state index in [2.05, 4.69) is 0 Å². The lowest BCUT2D eigenvalue weighted by Crippen LogP contribution is -2.08. The van der Waals surface area contributed by atoms with E-state index < -0.39 is 11.6 Å². The van der Waals surface area contributed by atoms with E-state index in [9.17, 15) is 9.59 Å². The van der Waals surface area contributed by atoms with Crippen molar-refractivity contribution < 1.29 is 23.4 Å². The van der Waals surface area contributed by atoms with E-state index in [1.165, 1.54) is 20.3 Å². The number of ether oxygens (including phenoxy) is 3. The average molecular weight is 354 g/mol. The molecule has 3 aromatic rings. The molecule has 0 aliphatic rings. The summed E-state index contributed by atoms with van der Waals surface area (Å²) in [5.74, 6) is 0.425. The minimum absolute atomic E-state index is 0.0433. The SMILES string of the molecule is COc1ccc(C(=O)OCc2cc(=O)oc3cc(C)ccc23)cc1OC. The summed E-state index contributed by atoms with van der Waals surface area (Å²) in [6.45, 7) is 1.86. The van der Waals surface area contributed by atoms with Crippen molar-refractivity contribution >= 4 is 16.9 Å². The van der Waals surface area contributed by atoms with Crippen LogP contribution in [0.3, 0.4) is 0 Å². The first-order valence-electron chi connectivity index (χ1n) is 7.94. The van der Waals surface area contributed by atoms with Crippen molar-refractivity contribution in [3.63, 3.8) is 0 Å². The molecule has 0 unspecified atom stereocenters. The second-order valence-electron chi connectivity index (χ2n) is 5.74. The smallest absolute Gasteiger partial charge is 0.338 e. The highest BCUT2D eigenvalue weighted by atomic mass is 16.5. The van der Waals surface area contributed by atoms with E-state index in [0.717, 1.165) is 10.9 Å². The highest BCUT2D eigenvalue weighted by Crippen LogP contribution is 2.28. The molecule has 6 nitrogen and oxygen atoms in total. The maximum Gasteiger partial charge on any atom is 0.338 e. The van der Waals surface area contributed by atoms with Gasteiger partial charge in [0.2, 0.25) is 0 Å². The predicted octanol–water partition coefficient (Wildman–Crippen LogP) is 3.48. The van der Waals surface area contributed by atoms with Gasteiger partial charge in [-0.05, 0) is 36.8 Å². The van der Waals surface area contributed by atoms with Crippen LogP contribution in [0.4, 0.5) is 0 Å². The number of benzene rings is 2. The predicted molar refractivity (Wildman–Crippen MR) is 95.9 cm³/mol. The zero-order valence-electron chi connectivity index (χ0n) is 14.7. The quantitative estimate of drug-likeness (QED) is 0.516. The molecule has 26 heavy (non-hydrogen) atoms. The van der Waals surface area contributed by atoms with Crippen LogP contribution in [-0.4, -0.2) is 20.2 Å². The number of aryl methyl sites for hydroxylation is 1. The monoisotopic (exact) mass is 354 g/mol. The highest BCUT2D eigenvalue weighted by Gasteiger charge is 2.14. The number of fused-ring (bicyclic) bond motifs is 1. The van der Waals surface area contributed by atoms with Crippen molar-refractivity contribution in [1.29, 1.82) is 0 Å². The third kappa shape index (κ3) is 3.54. The number of carbonyl (C=O) groups is 1. The van der Waals surface area contributed by atoms with Crippen LogP contribution in [0, 0.1) is 6.92 Å². The highest BCUT2D eigenvalue weighted by molar-refractivity contribution is 5.90. The van der Waals surface area contributed by atoms with Crippen LogP contribution in [0.15, 0.2) is 51.7 Å². The molecular weight excluding hydrogens is 336 g/mol. The second kappa shape index (κ2) is 7.31. The van der Waals surface area contributed by atoms with E-state index in [1.54, 1.807) is 24.3 Å². The van der Waals surface area contributed by atoms with Gasteiger partial charge >= 0.3 is 11.6 Å². The van der Waals surface area contributed by atoms with E-state index in [4.69, 9.17) is 18.6 Å². The molecule has 0 spiro atoms. The zero-order valence-corrected chi connectivity index (χ0v) is 14.7. The molecular formula is C20H18O6. The van der Waals surface area contributed by atoms with Crippen LogP contribution in [0.5, 0.6) is 11.5 Å². The Kier molecular flexibility index (Phi) is 4.93. The second-order valence-corrected chi connectivity index (χ2v) is 5.74. The summed E-state index contributed by atoms with van der Waals surface area (Å²) in [6.07, 6.45) is 0. The summed E-state index contributed by atoms with van der Waals surface area (Å²) in [6, 6.07) is 11.6. The molecule has 1 aromatic heterocycles. The fourth-order valence-corrected chi connectivity index (χ4v) is 2.65. The summed E-state index contributed by atoms with van der Waals surface area (Å²) >= 11 is 0. The normalized spacial score (nSPS) is 10.6. The largest absolute Gasteiger partial charge is 0.493 e. The van der Waals surface area contributed by atoms with Gasteiger partial charge in [-0.2, -0.15) is 0 Å². The standard InChI is InChI=1S/C20H18O6/c1-12-4-6-15-14(10-19(21)26-17(15)8-12)11-25-20(22)13-5-7-16(23-2)18(9-13)24-3/h4-10H,11H2,1-3H3. The summed E-state index contributed by atoms with van der Waals surface area (Å²) in [5, 5.41) is 0.732. The van der Waals surface area contributed by atoms with Gasteiger partial charge in [0.1, 0.15) is 12.2 Å². The third-order valence-corrected chi connectivity index (χ3v) is 3.96. The first-order chi connectivity index (χ1) is 12.5. The lowest BCUT2D eigenvalue weighted by molar-refractivity contribution is 0.0473. The topological polar surface area (TPSA) is 75.0 Å². The number of hydrogen-bond donors (Lipinski definition) is 0. The van der Waals surface area contributed by atoms with Crippen molar-refractivity contribution in [1.82, 2.24) is 0 Å². The number of carbonyl (C=O) groups excluding carboxylic acids is 1. The van der Waals surface area contributed by atoms with Gasteiger partial charge in [0, 0.05) is 17.0 Å². The summed E-state index contributed by atoms with van der Waals surface area (Å²) in [7, 11) is 3.01. The van der Waals surface area contributed by atoms with Crippen LogP contribution in [0.2, 0.25) is 0 Å². The molecule has 0 fully saturated rings. The molecule has 0 atom stereocenters. The molecule has 0 radical (unpaired) electrons. The minimum Gasteiger partial charge on any atom is -0.493 e. The molecule has 0 aliphatic heterocycles. The van der Waals surface area contributed by atoms with Crippen LogP contribution in [0.1, 0.15) is 21.5 Å². The molecule has 0 saturated heterocycles. The van der Waals surface area contributed by atoms with Gasteiger partial charge < -0.3 is 18.6 Å². The third-order valence-electron chi connectivity index (χ3n) is 3.96. The Bertz CT molecular complexity index is 1020. The van der Waals surface area contributed by atoms with E-state index >= 15 is 0 Å². The maximum absolute atomic E-state index is 12.3. The number of rotatable bonds is 5. The van der Waals surface area contributed by atoms with Gasteiger partial charge in [0.15, 0.2) is 11.5 Å². The molecule has 134 valence electrons. The van der Waals surface area contributed by atoms with Crippen LogP contribution in [0.25, 0.3) is 11.0 Å². The van der Waals surface area contributed by atoms with Crippen molar-refractivity contribution in [3.8, 4) is 11.5 Å². The Labute approximate surface area is 149 Å². The molecule has 2 aromatic carbocycles. The Morgan fingerprint density at radius 3 is 2.50 bits per heavy atom. The Balaban J connectivity index is 1.84. The van der Waals surface area contributed by atoms with Crippen molar-refractivity contribution in [3.05, 3.63) is 69.6 Å². The fourth-order valence-electron chi connectivity index (χ4n) is 2.65. The van der Waals surface area contributed by atoms with Crippen LogP contribution < -0.4 is 15.1 Å². The first kappa shape index (κ1) is 17.5. The maximum atomic E-state index is 12.3. The molecule has 3 rings (SSSR count). The first-order valence-corrected chi connectivity index (χ1v) is 7.94. The molecule has 0 aliphatic carbocycles. The minimum atomic E-state index is -0.528. The van der Waals surface area contributed by atoms with Gasteiger partial charge in [0.05, 0.1) is 19.8 Å². The molecule has 6 heteroatoms. The number of methoxy groups -OCH3 is 2. The van der Waals surface area contributed by atoms with Crippen molar-refractivity contribution in [2.75, 3.05) is 14.2 Å². The lowest BCUT2D eigenvalue weighted by Gasteiger charge is -2.10. The molecule has 1 heterocycles. The fraction of sp³-hybridized carbons (Fsp3) is 0.200. The summed E-state index contributed by atoms with van der Waals surface area (Å²) in [5.41, 5.74) is 1.87. The molecule has 0 bridgehead atoms. The van der Waals surface area contributed by atoms with Gasteiger partial charge in [-0.1, -0.05) is 12.1 Å². The van der Waals surface area contributed by atoms with Gasteiger partial charge in [0.25, 0.3) is 0 Å². The van der Waals surface area contributed by atoms with Gasteiger partial charge in [-0.25, -0.2) is 9.59 Å². The molecule has 0 saturated carbocycles. The van der Waals surface area contributed by atoms with E-state index in [-0.39, 0.29) is 6.61 Å². The van der Waals surface area contributed by atoms with Crippen molar-refractivity contribution in [2.45, 2.75) is 13.5 Å². The molecule has 0 N–H and O–H groups in total. The van der Waals surface area contributed by atoms with Crippen LogP contribution in [-0.2, 0) is 11.3 Å². The van der Waals surface area contributed by atoms with E-state index in [1.807, 2.05) is 19.1 Å². The Hall–Kier alpha value is -3.28. The Morgan fingerprint density at radius 2 is 1.77 bits per heavy atom. The summed E-state index contributed by atoms with van der Waals surface area (Å²) in [4.78, 5) is 24.1. The Morgan fingerprint density at radius 1 is 1.00 bits per heavy atom. The molecule has 0 amide bonds. The average Bonchev–Trinajstić information content (AvgIpc) is 2.64. The van der Waals surface area contributed by atoms with Gasteiger partial charge in [-0.15, -0.1) is 0 Å². The van der Waals surface area contributed by atoms with Gasteiger partial charge in [-0.3, -0.25) is 0 Å². The number of esters is 1. The lowest BCUT2D eigenvalue weighted by atomic mass is 10.1. The van der Waals surface area contributed by atoms with Crippen LogP contribution >= 0.6 is 0 Å². The van der Waals surface area contributed by atoms with Crippen molar-refractivity contribution in [2.24, 2.45) is 0 Å². The van der Waals surface area contributed by atoms with E-state index in [0.29, 0.717) is 28.2 Å². The zero-order chi connectivity index (χ0) is 18.7. The number of hydrogen-bond acceptors (Lipinski definition) is 6. The summed E-state index contributed by atoms with van der Waals surface area (Å²) < 4.78 is 20.9.